The lowest BCUT2D eigenvalue weighted by atomic mass is 10.1. The molecule has 0 fully saturated rings. The Morgan fingerprint density at radius 1 is 1.15 bits per heavy atom. The average Bonchev–Trinajstić information content (AvgIpc) is 2.57. The minimum absolute atomic E-state index is 0.245. The van der Waals surface area contributed by atoms with E-state index in [1.165, 1.54) is 4.31 Å². The van der Waals surface area contributed by atoms with Crippen molar-refractivity contribution in [2.75, 3.05) is 10.8 Å². The van der Waals surface area contributed by atoms with Gasteiger partial charge in [-0.2, -0.15) is 0 Å². The molecule has 0 spiro atoms. The fourth-order valence-electron chi connectivity index (χ4n) is 2.36. The van der Waals surface area contributed by atoms with Crippen molar-refractivity contribution < 1.29 is 18.3 Å². The van der Waals surface area contributed by atoms with Gasteiger partial charge in [-0.05, 0) is 63.1 Å². The summed E-state index contributed by atoms with van der Waals surface area (Å²) in [7, 11) is 0. The maximum Gasteiger partial charge on any atom is 0.338 e. The van der Waals surface area contributed by atoms with E-state index >= 15 is 0 Å². The molecule has 146 valence electrons. The van der Waals surface area contributed by atoms with Gasteiger partial charge in [0, 0.05) is 6.54 Å². The molecule has 1 N–H and O–H groups in total. The highest BCUT2D eigenvalue weighted by molar-refractivity contribution is 7.80. The highest BCUT2D eigenvalue weighted by Gasteiger charge is 2.19. The van der Waals surface area contributed by atoms with Crippen LogP contribution in [0, 0.1) is 0 Å². The zero-order valence-electron chi connectivity index (χ0n) is 15.2. The van der Waals surface area contributed by atoms with Gasteiger partial charge in [0.1, 0.15) is 5.60 Å². The highest BCUT2D eigenvalue weighted by Crippen LogP contribution is 2.27. The Labute approximate surface area is 171 Å². The number of rotatable bonds is 6. The number of nitrogens with zero attached hydrogens (tertiary/aromatic N) is 1. The number of halogens is 2. The molecular formula is C19H21Cl2NO4S. The summed E-state index contributed by atoms with van der Waals surface area (Å²) >= 11 is 9.94. The van der Waals surface area contributed by atoms with E-state index in [2.05, 4.69) is 0 Å². The number of hydrogen-bond donors (Lipinski definition) is 1. The summed E-state index contributed by atoms with van der Waals surface area (Å²) in [4.78, 5) is 12.1. The van der Waals surface area contributed by atoms with Crippen molar-refractivity contribution in [2.24, 2.45) is 0 Å². The summed E-state index contributed by atoms with van der Waals surface area (Å²) in [5.74, 6) is -0.448. The molecule has 0 aliphatic rings. The molecule has 0 aliphatic carbocycles. The van der Waals surface area contributed by atoms with Crippen LogP contribution in [0.3, 0.4) is 0 Å². The molecular weight excluding hydrogens is 409 g/mol. The number of ether oxygens (including phenoxy) is 1. The van der Waals surface area contributed by atoms with E-state index < -0.39 is 22.8 Å². The van der Waals surface area contributed by atoms with Crippen LogP contribution in [0.2, 0.25) is 10.0 Å². The second kappa shape index (κ2) is 9.06. The number of esters is 1. The van der Waals surface area contributed by atoms with Gasteiger partial charge in [0.05, 0.1) is 21.3 Å². The van der Waals surface area contributed by atoms with Gasteiger partial charge in [-0.15, -0.1) is 0 Å². The monoisotopic (exact) mass is 429 g/mol. The van der Waals surface area contributed by atoms with Crippen LogP contribution in [0.5, 0.6) is 0 Å². The van der Waals surface area contributed by atoms with Crippen LogP contribution in [0.15, 0.2) is 42.5 Å². The fourth-order valence-corrected chi connectivity index (χ4v) is 3.33. The minimum Gasteiger partial charge on any atom is -0.456 e. The van der Waals surface area contributed by atoms with Gasteiger partial charge >= 0.3 is 5.97 Å². The van der Waals surface area contributed by atoms with Gasteiger partial charge in [-0.3, -0.25) is 8.86 Å². The van der Waals surface area contributed by atoms with Crippen LogP contribution in [-0.4, -0.2) is 26.9 Å². The SMILES string of the molecule is CC(C)(C)OC(=O)c1ccc(N(CCc2cccc(Cl)c2Cl)S(=O)O)cc1. The normalized spacial score (nSPS) is 12.5. The van der Waals surface area contributed by atoms with Crippen molar-refractivity contribution >= 4 is 46.1 Å². The summed E-state index contributed by atoms with van der Waals surface area (Å²) < 4.78 is 28.0. The first-order valence-corrected chi connectivity index (χ1v) is 10.1. The van der Waals surface area contributed by atoms with Crippen LogP contribution >= 0.6 is 23.2 Å². The van der Waals surface area contributed by atoms with Crippen LogP contribution in [-0.2, 0) is 22.4 Å². The lowest BCUT2D eigenvalue weighted by molar-refractivity contribution is 0.00695. The predicted octanol–water partition coefficient (Wildman–Crippen LogP) is 5.13. The van der Waals surface area contributed by atoms with Gasteiger partial charge in [0.2, 0.25) is 0 Å². The Bertz CT molecular complexity index is 835. The molecule has 5 nitrogen and oxygen atoms in total. The molecule has 0 heterocycles. The van der Waals surface area contributed by atoms with Crippen molar-refractivity contribution in [1.82, 2.24) is 0 Å². The number of anilines is 1. The first-order valence-electron chi connectivity index (χ1n) is 8.23. The first kappa shape index (κ1) is 21.7. The van der Waals surface area contributed by atoms with E-state index in [0.29, 0.717) is 27.7 Å². The zero-order valence-corrected chi connectivity index (χ0v) is 17.6. The third-order valence-corrected chi connectivity index (χ3v) is 5.22. The van der Waals surface area contributed by atoms with Crippen molar-refractivity contribution in [3.8, 4) is 0 Å². The second-order valence-electron chi connectivity index (χ2n) is 6.84. The van der Waals surface area contributed by atoms with Gasteiger partial charge in [-0.1, -0.05) is 35.3 Å². The Kier molecular flexibility index (Phi) is 7.28. The summed E-state index contributed by atoms with van der Waals surface area (Å²) in [5.41, 5.74) is 1.06. The molecule has 0 aliphatic heterocycles. The Hall–Kier alpha value is -1.60. The van der Waals surface area contributed by atoms with Crippen molar-refractivity contribution in [2.45, 2.75) is 32.8 Å². The van der Waals surface area contributed by atoms with E-state index in [1.807, 2.05) is 6.07 Å². The minimum atomic E-state index is -2.23. The van der Waals surface area contributed by atoms with Gasteiger partial charge < -0.3 is 4.74 Å². The molecule has 1 atom stereocenters. The van der Waals surface area contributed by atoms with E-state index in [4.69, 9.17) is 27.9 Å². The van der Waals surface area contributed by atoms with Crippen molar-refractivity contribution in [1.29, 1.82) is 0 Å². The molecule has 2 aromatic carbocycles. The first-order chi connectivity index (χ1) is 12.6. The largest absolute Gasteiger partial charge is 0.456 e. The molecule has 0 saturated carbocycles. The topological polar surface area (TPSA) is 66.8 Å². The van der Waals surface area contributed by atoms with Gasteiger partial charge in [0.25, 0.3) is 11.3 Å². The quantitative estimate of drug-likeness (QED) is 0.510. The van der Waals surface area contributed by atoms with Crippen LogP contribution in [0.4, 0.5) is 5.69 Å². The standard InChI is InChI=1S/C19H21Cl2NO4S/c1-19(2,3)26-18(23)14-7-9-15(10-8-14)22(27(24)25)12-11-13-5-4-6-16(20)17(13)21/h4-10H,11-12H2,1-3H3,(H,24,25). The predicted molar refractivity (Wildman–Crippen MR) is 110 cm³/mol. The van der Waals surface area contributed by atoms with Crippen molar-refractivity contribution in [3.63, 3.8) is 0 Å². The van der Waals surface area contributed by atoms with E-state index in [-0.39, 0.29) is 6.54 Å². The van der Waals surface area contributed by atoms with E-state index in [0.717, 1.165) is 5.56 Å². The molecule has 0 radical (unpaired) electrons. The smallest absolute Gasteiger partial charge is 0.338 e. The lowest BCUT2D eigenvalue weighted by Gasteiger charge is -2.21. The summed E-state index contributed by atoms with van der Waals surface area (Å²) in [5, 5.41) is 0.871. The molecule has 2 rings (SSSR count). The molecule has 0 saturated heterocycles. The number of benzene rings is 2. The molecule has 0 bridgehead atoms. The maximum atomic E-state index is 12.1. The third-order valence-electron chi connectivity index (χ3n) is 3.59. The van der Waals surface area contributed by atoms with E-state index in [1.54, 1.807) is 57.2 Å². The van der Waals surface area contributed by atoms with Gasteiger partial charge in [0.15, 0.2) is 0 Å². The van der Waals surface area contributed by atoms with Crippen LogP contribution < -0.4 is 4.31 Å². The summed E-state index contributed by atoms with van der Waals surface area (Å²) in [6.45, 7) is 5.61. The van der Waals surface area contributed by atoms with Gasteiger partial charge in [-0.25, -0.2) is 9.00 Å². The Morgan fingerprint density at radius 3 is 2.33 bits per heavy atom. The summed E-state index contributed by atoms with van der Waals surface area (Å²) in [6, 6.07) is 11.6. The van der Waals surface area contributed by atoms with Crippen molar-refractivity contribution in [3.05, 3.63) is 63.6 Å². The number of carbonyl (C=O) groups is 1. The molecule has 27 heavy (non-hydrogen) atoms. The second-order valence-corrected chi connectivity index (χ2v) is 8.53. The van der Waals surface area contributed by atoms with Crippen LogP contribution in [0.25, 0.3) is 0 Å². The third kappa shape index (κ3) is 6.21. The Balaban J connectivity index is 2.13. The molecule has 2 aromatic rings. The zero-order chi connectivity index (χ0) is 20.2. The fraction of sp³-hybridized carbons (Fsp3) is 0.316. The Morgan fingerprint density at radius 2 is 1.78 bits per heavy atom. The summed E-state index contributed by atoms with van der Waals surface area (Å²) in [6.07, 6.45) is 0.430. The molecule has 0 aromatic heterocycles. The number of hydrogen-bond acceptors (Lipinski definition) is 3. The molecule has 1 unspecified atom stereocenters. The van der Waals surface area contributed by atoms with Crippen LogP contribution in [0.1, 0.15) is 36.7 Å². The highest BCUT2D eigenvalue weighted by atomic mass is 35.5. The molecule has 8 heteroatoms. The maximum absolute atomic E-state index is 12.1. The number of carbonyl (C=O) groups excluding carboxylic acids is 1. The van der Waals surface area contributed by atoms with E-state index in [9.17, 15) is 13.6 Å². The lowest BCUT2D eigenvalue weighted by Crippen LogP contribution is -2.28. The average molecular weight is 430 g/mol. The molecule has 0 amide bonds.